The lowest BCUT2D eigenvalue weighted by molar-refractivity contribution is -0.125. The van der Waals surface area contributed by atoms with E-state index in [2.05, 4.69) is 10.5 Å². The Hall–Kier alpha value is -1.30. The van der Waals surface area contributed by atoms with Crippen LogP contribution in [0.15, 0.2) is 5.16 Å². The molecule has 1 aliphatic heterocycles. The molecule has 2 atom stereocenters. The van der Waals surface area contributed by atoms with E-state index in [1.807, 2.05) is 13.8 Å². The zero-order chi connectivity index (χ0) is 12.9. The number of rotatable bonds is 5. The molecule has 17 heavy (non-hydrogen) atoms. The Morgan fingerprint density at radius 3 is 2.88 bits per heavy atom. The quantitative estimate of drug-likeness (QED) is 0.282. The summed E-state index contributed by atoms with van der Waals surface area (Å²) in [5.41, 5.74) is 5.19. The Balaban J connectivity index is 2.65. The predicted octanol–water partition coefficient (Wildman–Crippen LogP) is 0.444. The lowest BCUT2D eigenvalue weighted by Gasteiger charge is -2.26. The van der Waals surface area contributed by atoms with E-state index in [0.29, 0.717) is 19.6 Å². The maximum Gasteiger partial charge on any atom is 0.231 e. The minimum atomic E-state index is -0.567. The molecule has 0 aromatic heterocycles. The van der Waals surface area contributed by atoms with E-state index in [1.54, 1.807) is 0 Å². The van der Waals surface area contributed by atoms with E-state index in [4.69, 9.17) is 15.7 Å². The summed E-state index contributed by atoms with van der Waals surface area (Å²) >= 11 is 0. The lowest BCUT2D eigenvalue weighted by Crippen LogP contribution is -2.51. The van der Waals surface area contributed by atoms with Gasteiger partial charge in [-0.2, -0.15) is 0 Å². The molecule has 4 N–H and O–H groups in total. The SMILES string of the molecule is CCCC(C(=O)NC1(C)CCOC1)C(N)=NO. The van der Waals surface area contributed by atoms with Crippen LogP contribution in [0.2, 0.25) is 0 Å². The van der Waals surface area contributed by atoms with Crippen LogP contribution >= 0.6 is 0 Å². The van der Waals surface area contributed by atoms with Gasteiger partial charge in [-0.25, -0.2) is 0 Å². The average Bonchev–Trinajstić information content (AvgIpc) is 2.71. The van der Waals surface area contributed by atoms with Crippen molar-refractivity contribution in [3.63, 3.8) is 0 Å². The van der Waals surface area contributed by atoms with Gasteiger partial charge in [0.05, 0.1) is 18.1 Å². The van der Waals surface area contributed by atoms with Gasteiger partial charge in [-0.15, -0.1) is 0 Å². The van der Waals surface area contributed by atoms with Crippen molar-refractivity contribution in [3.05, 3.63) is 0 Å². The molecular formula is C11H21N3O3. The van der Waals surface area contributed by atoms with Gasteiger partial charge in [0.1, 0.15) is 0 Å². The number of hydrogen-bond donors (Lipinski definition) is 3. The standard InChI is InChI=1S/C11H21N3O3/c1-3-4-8(9(12)14-16)10(15)13-11(2)5-6-17-7-11/h8,16H,3-7H2,1-2H3,(H2,12,14)(H,13,15). The van der Waals surface area contributed by atoms with Crippen LogP contribution in [0.25, 0.3) is 0 Å². The summed E-state index contributed by atoms with van der Waals surface area (Å²) in [5.74, 6) is -0.801. The summed E-state index contributed by atoms with van der Waals surface area (Å²) in [5, 5.41) is 14.5. The second-order valence-electron chi connectivity index (χ2n) is 4.72. The van der Waals surface area contributed by atoms with E-state index in [-0.39, 0.29) is 17.3 Å². The van der Waals surface area contributed by atoms with Crippen molar-refractivity contribution in [1.29, 1.82) is 0 Å². The van der Waals surface area contributed by atoms with E-state index in [0.717, 1.165) is 12.8 Å². The largest absolute Gasteiger partial charge is 0.409 e. The van der Waals surface area contributed by atoms with Gasteiger partial charge in [0.2, 0.25) is 5.91 Å². The molecule has 0 aromatic carbocycles. The second-order valence-corrected chi connectivity index (χ2v) is 4.72. The first kappa shape index (κ1) is 13.8. The van der Waals surface area contributed by atoms with E-state index < -0.39 is 5.92 Å². The Morgan fingerprint density at radius 2 is 2.41 bits per heavy atom. The third kappa shape index (κ3) is 3.59. The van der Waals surface area contributed by atoms with Crippen molar-refractivity contribution in [2.45, 2.75) is 38.6 Å². The Kier molecular flexibility index (Phi) is 4.74. The van der Waals surface area contributed by atoms with Crippen LogP contribution in [0.3, 0.4) is 0 Å². The highest BCUT2D eigenvalue weighted by molar-refractivity contribution is 6.02. The number of oxime groups is 1. The van der Waals surface area contributed by atoms with Gasteiger partial charge in [0, 0.05) is 6.61 Å². The molecule has 1 saturated heterocycles. The number of carbonyl (C=O) groups is 1. The molecular weight excluding hydrogens is 222 g/mol. The zero-order valence-electron chi connectivity index (χ0n) is 10.4. The lowest BCUT2D eigenvalue weighted by atomic mass is 9.97. The number of nitrogens with two attached hydrogens (primary N) is 1. The molecule has 6 nitrogen and oxygen atoms in total. The summed E-state index contributed by atoms with van der Waals surface area (Å²) in [6.45, 7) is 5.05. The van der Waals surface area contributed by atoms with Gasteiger partial charge in [-0.05, 0) is 19.8 Å². The van der Waals surface area contributed by atoms with Crippen LogP contribution in [0, 0.1) is 5.92 Å². The van der Waals surface area contributed by atoms with Gasteiger partial charge < -0.3 is 21.0 Å². The number of amidine groups is 1. The number of hydrogen-bond acceptors (Lipinski definition) is 4. The first-order valence-corrected chi connectivity index (χ1v) is 5.89. The molecule has 2 unspecified atom stereocenters. The number of nitrogens with zero attached hydrogens (tertiary/aromatic N) is 1. The van der Waals surface area contributed by atoms with Crippen molar-refractivity contribution >= 4 is 11.7 Å². The van der Waals surface area contributed by atoms with E-state index in [1.165, 1.54) is 0 Å². The van der Waals surface area contributed by atoms with Gasteiger partial charge >= 0.3 is 0 Å². The molecule has 0 aliphatic carbocycles. The highest BCUT2D eigenvalue weighted by Crippen LogP contribution is 2.19. The fraction of sp³-hybridized carbons (Fsp3) is 0.818. The van der Waals surface area contributed by atoms with Crippen molar-refractivity contribution in [2.75, 3.05) is 13.2 Å². The molecule has 0 bridgehead atoms. The highest BCUT2D eigenvalue weighted by Gasteiger charge is 2.34. The van der Waals surface area contributed by atoms with Crippen LogP contribution < -0.4 is 11.1 Å². The van der Waals surface area contributed by atoms with Gasteiger partial charge in [-0.3, -0.25) is 4.79 Å². The van der Waals surface area contributed by atoms with Gasteiger partial charge in [-0.1, -0.05) is 18.5 Å². The fourth-order valence-electron chi connectivity index (χ4n) is 1.92. The summed E-state index contributed by atoms with van der Waals surface area (Å²) in [6, 6.07) is 0. The first-order chi connectivity index (χ1) is 8.02. The molecule has 0 radical (unpaired) electrons. The summed E-state index contributed by atoms with van der Waals surface area (Å²) in [6.07, 6.45) is 2.15. The molecule has 1 rings (SSSR count). The maximum atomic E-state index is 12.1. The number of amides is 1. The minimum absolute atomic E-state index is 0.0353. The van der Waals surface area contributed by atoms with E-state index in [9.17, 15) is 4.79 Å². The maximum absolute atomic E-state index is 12.1. The predicted molar refractivity (Wildman–Crippen MR) is 63.8 cm³/mol. The molecule has 98 valence electrons. The molecule has 0 saturated carbocycles. The Labute approximate surface area is 101 Å². The second kappa shape index (κ2) is 5.86. The van der Waals surface area contributed by atoms with Crippen LogP contribution in [-0.2, 0) is 9.53 Å². The molecule has 0 spiro atoms. The number of nitrogens with one attached hydrogen (secondary N) is 1. The van der Waals surface area contributed by atoms with Gasteiger partial charge in [0.25, 0.3) is 0 Å². The molecule has 1 heterocycles. The first-order valence-electron chi connectivity index (χ1n) is 5.89. The van der Waals surface area contributed by atoms with Crippen molar-refractivity contribution in [2.24, 2.45) is 16.8 Å². The summed E-state index contributed by atoms with van der Waals surface area (Å²) in [7, 11) is 0. The number of carbonyl (C=O) groups excluding carboxylic acids is 1. The van der Waals surface area contributed by atoms with Crippen LogP contribution in [0.5, 0.6) is 0 Å². The average molecular weight is 243 g/mol. The van der Waals surface area contributed by atoms with Gasteiger partial charge in [0.15, 0.2) is 5.84 Å². The van der Waals surface area contributed by atoms with Crippen molar-refractivity contribution in [1.82, 2.24) is 5.32 Å². The normalized spacial score (nSPS) is 26.8. The Morgan fingerprint density at radius 1 is 1.71 bits per heavy atom. The summed E-state index contributed by atoms with van der Waals surface area (Å²) < 4.78 is 5.26. The van der Waals surface area contributed by atoms with Crippen LogP contribution in [-0.4, -0.2) is 35.7 Å². The molecule has 1 amide bonds. The van der Waals surface area contributed by atoms with Crippen molar-refractivity contribution < 1.29 is 14.7 Å². The third-order valence-corrected chi connectivity index (χ3v) is 3.01. The number of ether oxygens (including phenoxy) is 1. The smallest absolute Gasteiger partial charge is 0.231 e. The molecule has 6 heteroatoms. The van der Waals surface area contributed by atoms with E-state index >= 15 is 0 Å². The summed E-state index contributed by atoms with van der Waals surface area (Å²) in [4.78, 5) is 12.1. The van der Waals surface area contributed by atoms with Crippen LogP contribution in [0.4, 0.5) is 0 Å². The minimum Gasteiger partial charge on any atom is -0.409 e. The molecule has 1 aliphatic rings. The molecule has 1 fully saturated rings. The third-order valence-electron chi connectivity index (χ3n) is 3.01. The monoisotopic (exact) mass is 243 g/mol. The van der Waals surface area contributed by atoms with Crippen LogP contribution in [0.1, 0.15) is 33.1 Å². The van der Waals surface area contributed by atoms with Crippen molar-refractivity contribution in [3.8, 4) is 0 Å². The molecule has 0 aromatic rings. The fourth-order valence-corrected chi connectivity index (χ4v) is 1.92. The zero-order valence-corrected chi connectivity index (χ0v) is 10.4. The Bertz CT molecular complexity index is 298. The topological polar surface area (TPSA) is 96.9 Å². The highest BCUT2D eigenvalue weighted by atomic mass is 16.5.